The van der Waals surface area contributed by atoms with E-state index in [0.717, 1.165) is 33.9 Å². The average molecular weight is 269 g/mol. The number of hydrogen-bond acceptors (Lipinski definition) is 2. The van der Waals surface area contributed by atoms with Crippen LogP contribution in [0.5, 0.6) is 0 Å². The number of anilines is 2. The van der Waals surface area contributed by atoms with E-state index >= 15 is 0 Å². The number of nitrogen functional groups attached to an aromatic ring is 1. The fraction of sp³-hybridized carbons (Fsp3) is 0.500. The van der Waals surface area contributed by atoms with Gasteiger partial charge in [-0.05, 0) is 59.3 Å². The van der Waals surface area contributed by atoms with Crippen LogP contribution in [0.25, 0.3) is 0 Å². The summed E-state index contributed by atoms with van der Waals surface area (Å²) in [5, 5.41) is 3.48. The SMILES string of the molecule is Cc1cc(NCC2CCC2)c(Br)cc1N. The quantitative estimate of drug-likeness (QED) is 0.823. The van der Waals surface area contributed by atoms with Gasteiger partial charge in [-0.25, -0.2) is 0 Å². The summed E-state index contributed by atoms with van der Waals surface area (Å²) in [6.45, 7) is 3.12. The summed E-state index contributed by atoms with van der Waals surface area (Å²) in [5.74, 6) is 0.870. The van der Waals surface area contributed by atoms with Gasteiger partial charge in [0.05, 0.1) is 0 Å². The number of benzene rings is 1. The Labute approximate surface area is 99.4 Å². The Morgan fingerprint density at radius 3 is 2.80 bits per heavy atom. The zero-order valence-corrected chi connectivity index (χ0v) is 10.6. The molecule has 1 aliphatic carbocycles. The predicted molar refractivity (Wildman–Crippen MR) is 69.1 cm³/mol. The van der Waals surface area contributed by atoms with Crippen LogP contribution in [0.1, 0.15) is 24.8 Å². The molecule has 1 aromatic rings. The molecular formula is C12H17BrN2. The van der Waals surface area contributed by atoms with Crippen molar-refractivity contribution < 1.29 is 0 Å². The van der Waals surface area contributed by atoms with Crippen molar-refractivity contribution in [3.63, 3.8) is 0 Å². The highest BCUT2D eigenvalue weighted by Gasteiger charge is 2.17. The summed E-state index contributed by atoms with van der Waals surface area (Å²) in [5.41, 5.74) is 8.96. The molecule has 3 N–H and O–H groups in total. The van der Waals surface area contributed by atoms with E-state index in [2.05, 4.69) is 27.3 Å². The van der Waals surface area contributed by atoms with Gasteiger partial charge >= 0.3 is 0 Å². The molecule has 0 bridgehead atoms. The van der Waals surface area contributed by atoms with Crippen molar-refractivity contribution in [1.82, 2.24) is 0 Å². The first-order valence-electron chi connectivity index (χ1n) is 5.46. The first kappa shape index (κ1) is 10.8. The third-order valence-corrected chi connectivity index (χ3v) is 3.82. The second-order valence-electron chi connectivity index (χ2n) is 4.37. The zero-order chi connectivity index (χ0) is 10.8. The van der Waals surface area contributed by atoms with Crippen molar-refractivity contribution in [2.45, 2.75) is 26.2 Å². The van der Waals surface area contributed by atoms with Crippen molar-refractivity contribution >= 4 is 27.3 Å². The number of nitrogens with two attached hydrogens (primary N) is 1. The van der Waals surface area contributed by atoms with Crippen molar-refractivity contribution in [2.24, 2.45) is 5.92 Å². The van der Waals surface area contributed by atoms with E-state index in [1.165, 1.54) is 19.3 Å². The summed E-state index contributed by atoms with van der Waals surface area (Å²) in [7, 11) is 0. The van der Waals surface area contributed by atoms with Gasteiger partial charge in [-0.1, -0.05) is 6.42 Å². The van der Waals surface area contributed by atoms with Gasteiger partial charge in [0.2, 0.25) is 0 Å². The molecule has 0 aliphatic heterocycles. The monoisotopic (exact) mass is 268 g/mol. The minimum absolute atomic E-state index is 0.844. The summed E-state index contributed by atoms with van der Waals surface area (Å²) in [6, 6.07) is 4.08. The van der Waals surface area contributed by atoms with E-state index in [1.807, 2.05) is 13.0 Å². The molecule has 15 heavy (non-hydrogen) atoms. The molecule has 82 valence electrons. The minimum Gasteiger partial charge on any atom is -0.398 e. The molecule has 0 spiro atoms. The molecule has 1 fully saturated rings. The van der Waals surface area contributed by atoms with Gasteiger partial charge in [0.15, 0.2) is 0 Å². The number of rotatable bonds is 3. The number of aryl methyl sites for hydroxylation is 1. The van der Waals surface area contributed by atoms with Crippen LogP contribution >= 0.6 is 15.9 Å². The van der Waals surface area contributed by atoms with Crippen molar-refractivity contribution in [2.75, 3.05) is 17.6 Å². The molecule has 1 saturated carbocycles. The molecule has 0 unspecified atom stereocenters. The van der Waals surface area contributed by atoms with Gasteiger partial charge in [0.25, 0.3) is 0 Å². The summed E-state index contributed by atoms with van der Waals surface area (Å²) in [4.78, 5) is 0. The van der Waals surface area contributed by atoms with E-state index in [4.69, 9.17) is 5.73 Å². The van der Waals surface area contributed by atoms with Crippen LogP contribution in [-0.4, -0.2) is 6.54 Å². The molecule has 0 aromatic heterocycles. The molecule has 0 saturated heterocycles. The lowest BCUT2D eigenvalue weighted by atomic mass is 9.85. The second kappa shape index (κ2) is 4.44. The van der Waals surface area contributed by atoms with Crippen molar-refractivity contribution in [3.05, 3.63) is 22.2 Å². The Kier molecular flexibility index (Phi) is 3.19. The largest absolute Gasteiger partial charge is 0.398 e. The molecule has 0 heterocycles. The highest BCUT2D eigenvalue weighted by Crippen LogP contribution is 2.30. The van der Waals surface area contributed by atoms with Crippen molar-refractivity contribution in [1.29, 1.82) is 0 Å². The van der Waals surface area contributed by atoms with Gasteiger partial charge in [-0.3, -0.25) is 0 Å². The minimum atomic E-state index is 0.844. The van der Waals surface area contributed by atoms with E-state index < -0.39 is 0 Å². The van der Waals surface area contributed by atoms with Crippen LogP contribution in [0, 0.1) is 12.8 Å². The van der Waals surface area contributed by atoms with Crippen molar-refractivity contribution in [3.8, 4) is 0 Å². The molecule has 1 aromatic carbocycles. The Hall–Kier alpha value is -0.700. The maximum Gasteiger partial charge on any atom is 0.0488 e. The van der Waals surface area contributed by atoms with Crippen LogP contribution in [0.3, 0.4) is 0 Å². The zero-order valence-electron chi connectivity index (χ0n) is 9.02. The first-order chi connectivity index (χ1) is 7.16. The Balaban J connectivity index is 2.03. The summed E-state index contributed by atoms with van der Waals surface area (Å²) >= 11 is 3.53. The normalized spacial score (nSPS) is 16.1. The fourth-order valence-electron chi connectivity index (χ4n) is 1.78. The summed E-state index contributed by atoms with van der Waals surface area (Å²) in [6.07, 6.45) is 4.14. The van der Waals surface area contributed by atoms with Crippen LogP contribution in [0.15, 0.2) is 16.6 Å². The molecular weight excluding hydrogens is 252 g/mol. The lowest BCUT2D eigenvalue weighted by Crippen LogP contribution is -2.21. The highest BCUT2D eigenvalue weighted by molar-refractivity contribution is 9.10. The van der Waals surface area contributed by atoms with E-state index in [9.17, 15) is 0 Å². The Bertz CT molecular complexity index is 359. The number of nitrogens with one attached hydrogen (secondary N) is 1. The van der Waals surface area contributed by atoms with Crippen LogP contribution < -0.4 is 11.1 Å². The third-order valence-electron chi connectivity index (χ3n) is 3.16. The molecule has 0 radical (unpaired) electrons. The maximum absolute atomic E-state index is 5.83. The number of halogens is 1. The van der Waals surface area contributed by atoms with E-state index in [0.29, 0.717) is 0 Å². The molecule has 2 nitrogen and oxygen atoms in total. The topological polar surface area (TPSA) is 38.0 Å². The van der Waals surface area contributed by atoms with Gasteiger partial charge in [0.1, 0.15) is 0 Å². The predicted octanol–water partition coefficient (Wildman–Crippen LogP) is 3.55. The fourth-order valence-corrected chi connectivity index (χ4v) is 2.28. The Morgan fingerprint density at radius 2 is 2.20 bits per heavy atom. The van der Waals surface area contributed by atoms with Gasteiger partial charge in [0, 0.05) is 22.4 Å². The van der Waals surface area contributed by atoms with Gasteiger partial charge in [-0.2, -0.15) is 0 Å². The second-order valence-corrected chi connectivity index (χ2v) is 5.22. The molecule has 1 aliphatic rings. The third kappa shape index (κ3) is 2.46. The van der Waals surface area contributed by atoms with Crippen LogP contribution in [-0.2, 0) is 0 Å². The standard InChI is InChI=1S/C12H17BrN2/c1-8-5-12(10(13)6-11(8)14)15-7-9-3-2-4-9/h5-6,9,15H,2-4,7,14H2,1H3. The average Bonchev–Trinajstić information content (AvgIpc) is 2.11. The lowest BCUT2D eigenvalue weighted by Gasteiger charge is -2.26. The summed E-state index contributed by atoms with van der Waals surface area (Å²) < 4.78 is 1.06. The van der Waals surface area contributed by atoms with Gasteiger partial charge < -0.3 is 11.1 Å². The first-order valence-corrected chi connectivity index (χ1v) is 6.25. The molecule has 0 atom stereocenters. The highest BCUT2D eigenvalue weighted by atomic mass is 79.9. The van der Waals surface area contributed by atoms with Crippen LogP contribution in [0.4, 0.5) is 11.4 Å². The smallest absolute Gasteiger partial charge is 0.0488 e. The molecule has 3 heteroatoms. The van der Waals surface area contributed by atoms with Gasteiger partial charge in [-0.15, -0.1) is 0 Å². The lowest BCUT2D eigenvalue weighted by molar-refractivity contribution is 0.333. The van der Waals surface area contributed by atoms with E-state index in [1.54, 1.807) is 0 Å². The maximum atomic E-state index is 5.83. The van der Waals surface area contributed by atoms with Crippen LogP contribution in [0.2, 0.25) is 0 Å². The molecule has 0 amide bonds. The molecule has 2 rings (SSSR count). The Morgan fingerprint density at radius 1 is 1.47 bits per heavy atom. The number of hydrogen-bond donors (Lipinski definition) is 2. The van der Waals surface area contributed by atoms with E-state index in [-0.39, 0.29) is 0 Å².